The average molecular weight is 299 g/mol. The number of nitrogens with one attached hydrogen (secondary N) is 1. The summed E-state index contributed by atoms with van der Waals surface area (Å²) in [7, 11) is 0. The molecule has 2 aromatic carbocycles. The summed E-state index contributed by atoms with van der Waals surface area (Å²) < 4.78 is 11.3. The lowest BCUT2D eigenvalue weighted by molar-refractivity contribution is 0.271. The van der Waals surface area contributed by atoms with Gasteiger partial charge >= 0.3 is 0 Å². The van der Waals surface area contributed by atoms with Crippen molar-refractivity contribution in [1.82, 2.24) is 0 Å². The minimum atomic E-state index is 0.531. The van der Waals surface area contributed by atoms with Crippen molar-refractivity contribution in [3.05, 3.63) is 54.1 Å². The molecule has 0 radical (unpaired) electrons. The van der Waals surface area contributed by atoms with Crippen molar-refractivity contribution in [3.8, 4) is 11.5 Å². The number of ether oxygens (including phenoxy) is 2. The summed E-state index contributed by atoms with van der Waals surface area (Å²) in [6.07, 6.45) is 0. The summed E-state index contributed by atoms with van der Waals surface area (Å²) in [4.78, 5) is 0. The molecule has 1 N–H and O–H groups in total. The molecule has 0 spiro atoms. The van der Waals surface area contributed by atoms with Gasteiger partial charge in [0.25, 0.3) is 0 Å². The fourth-order valence-corrected chi connectivity index (χ4v) is 2.07. The molecule has 118 valence electrons. The van der Waals surface area contributed by atoms with Crippen LogP contribution in [0.3, 0.4) is 0 Å². The van der Waals surface area contributed by atoms with E-state index in [1.54, 1.807) is 0 Å². The second kappa shape index (κ2) is 8.32. The summed E-state index contributed by atoms with van der Waals surface area (Å²) >= 11 is 0. The van der Waals surface area contributed by atoms with Crippen molar-refractivity contribution in [2.24, 2.45) is 5.92 Å². The molecule has 0 aliphatic carbocycles. The highest BCUT2D eigenvalue weighted by molar-refractivity contribution is 5.48. The molecule has 3 nitrogen and oxygen atoms in total. The molecule has 3 heteroatoms. The van der Waals surface area contributed by atoms with Gasteiger partial charge in [-0.15, -0.1) is 0 Å². The van der Waals surface area contributed by atoms with E-state index in [1.165, 1.54) is 5.56 Å². The smallest absolute Gasteiger partial charge is 0.121 e. The number of rotatable bonds is 8. The summed E-state index contributed by atoms with van der Waals surface area (Å²) in [6, 6.07) is 16.2. The molecule has 0 aliphatic heterocycles. The number of hydrogen-bond acceptors (Lipinski definition) is 3. The first kappa shape index (κ1) is 16.2. The van der Waals surface area contributed by atoms with E-state index in [1.807, 2.05) is 43.3 Å². The average Bonchev–Trinajstić information content (AvgIpc) is 2.52. The number of hydrogen-bond donors (Lipinski definition) is 1. The molecule has 2 rings (SSSR count). The van der Waals surface area contributed by atoms with Gasteiger partial charge in [-0.1, -0.05) is 32.0 Å². The van der Waals surface area contributed by atoms with Crippen LogP contribution in [0.15, 0.2) is 48.5 Å². The largest absolute Gasteiger partial charge is 0.494 e. The van der Waals surface area contributed by atoms with Gasteiger partial charge in [0.15, 0.2) is 0 Å². The van der Waals surface area contributed by atoms with Crippen molar-refractivity contribution in [2.45, 2.75) is 27.3 Å². The van der Waals surface area contributed by atoms with Crippen LogP contribution in [0.5, 0.6) is 11.5 Å². The maximum Gasteiger partial charge on any atom is 0.121 e. The Morgan fingerprint density at radius 1 is 0.955 bits per heavy atom. The van der Waals surface area contributed by atoms with Crippen LogP contribution in [0, 0.1) is 5.92 Å². The van der Waals surface area contributed by atoms with Crippen molar-refractivity contribution in [2.75, 3.05) is 18.5 Å². The van der Waals surface area contributed by atoms with E-state index in [2.05, 4.69) is 31.3 Å². The molecule has 0 atom stereocenters. The SMILES string of the molecule is CCOc1cccc(NCc2cccc(OCC(C)C)c2)c1. The second-order valence-electron chi connectivity index (χ2n) is 5.67. The predicted molar refractivity (Wildman–Crippen MR) is 91.7 cm³/mol. The van der Waals surface area contributed by atoms with Crippen molar-refractivity contribution in [1.29, 1.82) is 0 Å². The maximum atomic E-state index is 5.76. The Kier molecular flexibility index (Phi) is 6.13. The molecular formula is C19H25NO2. The minimum Gasteiger partial charge on any atom is -0.494 e. The van der Waals surface area contributed by atoms with Crippen LogP contribution < -0.4 is 14.8 Å². The molecule has 0 bridgehead atoms. The van der Waals surface area contributed by atoms with Gasteiger partial charge in [-0.05, 0) is 42.7 Å². The van der Waals surface area contributed by atoms with E-state index < -0.39 is 0 Å². The molecular weight excluding hydrogens is 274 g/mol. The quantitative estimate of drug-likeness (QED) is 0.764. The molecule has 22 heavy (non-hydrogen) atoms. The van der Waals surface area contributed by atoms with Gasteiger partial charge < -0.3 is 14.8 Å². The maximum absolute atomic E-state index is 5.76. The van der Waals surface area contributed by atoms with Gasteiger partial charge in [-0.25, -0.2) is 0 Å². The van der Waals surface area contributed by atoms with Crippen molar-refractivity contribution in [3.63, 3.8) is 0 Å². The third-order valence-electron chi connectivity index (χ3n) is 3.12. The van der Waals surface area contributed by atoms with Crippen LogP contribution >= 0.6 is 0 Å². The summed E-state index contributed by atoms with van der Waals surface area (Å²) in [5.41, 5.74) is 2.25. The standard InChI is InChI=1S/C19H25NO2/c1-4-21-19-10-6-8-17(12-19)20-13-16-7-5-9-18(11-16)22-14-15(2)3/h5-12,15,20H,4,13-14H2,1-3H3. The summed E-state index contributed by atoms with van der Waals surface area (Å²) in [6.45, 7) is 8.47. The van der Waals surface area contributed by atoms with Gasteiger partial charge in [0.2, 0.25) is 0 Å². The van der Waals surface area contributed by atoms with Crippen LogP contribution in [-0.4, -0.2) is 13.2 Å². The zero-order valence-corrected chi connectivity index (χ0v) is 13.6. The zero-order valence-electron chi connectivity index (χ0n) is 13.6. The third kappa shape index (κ3) is 5.32. The normalized spacial score (nSPS) is 10.5. The van der Waals surface area contributed by atoms with E-state index >= 15 is 0 Å². The molecule has 0 saturated heterocycles. The highest BCUT2D eigenvalue weighted by Crippen LogP contribution is 2.19. The number of benzene rings is 2. The Balaban J connectivity index is 1.93. The first-order valence-corrected chi connectivity index (χ1v) is 7.86. The molecule has 0 aliphatic rings. The van der Waals surface area contributed by atoms with E-state index in [4.69, 9.17) is 9.47 Å². The molecule has 0 fully saturated rings. The highest BCUT2D eigenvalue weighted by Gasteiger charge is 2.00. The van der Waals surface area contributed by atoms with Crippen molar-refractivity contribution < 1.29 is 9.47 Å². The van der Waals surface area contributed by atoms with Gasteiger partial charge in [-0.3, -0.25) is 0 Å². The van der Waals surface area contributed by atoms with Gasteiger partial charge in [0.1, 0.15) is 11.5 Å². The molecule has 0 saturated carbocycles. The zero-order chi connectivity index (χ0) is 15.8. The molecule has 0 heterocycles. The van der Waals surface area contributed by atoms with Crippen LogP contribution in [0.2, 0.25) is 0 Å². The molecule has 2 aromatic rings. The Morgan fingerprint density at radius 2 is 1.68 bits per heavy atom. The van der Waals surface area contributed by atoms with E-state index in [9.17, 15) is 0 Å². The fourth-order valence-electron chi connectivity index (χ4n) is 2.07. The predicted octanol–water partition coefficient (Wildman–Crippen LogP) is 4.73. The second-order valence-corrected chi connectivity index (χ2v) is 5.67. The minimum absolute atomic E-state index is 0.531. The Bertz CT molecular complexity index is 581. The molecule has 0 amide bonds. The summed E-state index contributed by atoms with van der Waals surface area (Å²) in [5, 5.41) is 3.42. The Hall–Kier alpha value is -2.16. The topological polar surface area (TPSA) is 30.5 Å². The van der Waals surface area contributed by atoms with Crippen LogP contribution in [0.4, 0.5) is 5.69 Å². The molecule has 0 unspecified atom stereocenters. The Labute approximate surface area is 133 Å². The fraction of sp³-hybridized carbons (Fsp3) is 0.368. The lowest BCUT2D eigenvalue weighted by Gasteiger charge is -2.11. The number of anilines is 1. The lowest BCUT2D eigenvalue weighted by atomic mass is 10.2. The highest BCUT2D eigenvalue weighted by atomic mass is 16.5. The third-order valence-corrected chi connectivity index (χ3v) is 3.12. The first-order valence-electron chi connectivity index (χ1n) is 7.86. The lowest BCUT2D eigenvalue weighted by Crippen LogP contribution is -2.05. The van der Waals surface area contributed by atoms with Crippen LogP contribution in [0.25, 0.3) is 0 Å². The van der Waals surface area contributed by atoms with Gasteiger partial charge in [0, 0.05) is 18.3 Å². The van der Waals surface area contributed by atoms with Gasteiger partial charge in [0.05, 0.1) is 13.2 Å². The van der Waals surface area contributed by atoms with E-state index in [-0.39, 0.29) is 0 Å². The van der Waals surface area contributed by atoms with Gasteiger partial charge in [-0.2, -0.15) is 0 Å². The monoisotopic (exact) mass is 299 g/mol. The van der Waals surface area contributed by atoms with Crippen molar-refractivity contribution >= 4 is 5.69 Å². The molecule has 0 aromatic heterocycles. The van der Waals surface area contributed by atoms with Crippen LogP contribution in [0.1, 0.15) is 26.3 Å². The van der Waals surface area contributed by atoms with Crippen LogP contribution in [-0.2, 0) is 6.54 Å². The Morgan fingerprint density at radius 3 is 2.41 bits per heavy atom. The first-order chi connectivity index (χ1) is 10.7. The van der Waals surface area contributed by atoms with E-state index in [0.29, 0.717) is 12.5 Å². The summed E-state index contributed by atoms with van der Waals surface area (Å²) in [5.74, 6) is 2.35. The van der Waals surface area contributed by atoms with E-state index in [0.717, 1.165) is 30.3 Å².